The summed E-state index contributed by atoms with van der Waals surface area (Å²) < 4.78 is 13.2. The minimum absolute atomic E-state index is 0.229. The highest BCUT2D eigenvalue weighted by Crippen LogP contribution is 2.20. The average Bonchev–Trinajstić information content (AvgIpc) is 2.16. The molecule has 0 bridgehead atoms. The lowest BCUT2D eigenvalue weighted by Gasteiger charge is -2.02. The molecular formula is C9H11FN2S. The Balaban J connectivity index is 3.10. The van der Waals surface area contributed by atoms with Crippen molar-refractivity contribution in [1.29, 1.82) is 0 Å². The van der Waals surface area contributed by atoms with Gasteiger partial charge in [-0.2, -0.15) is 5.10 Å². The van der Waals surface area contributed by atoms with Crippen molar-refractivity contribution in [2.75, 3.05) is 6.26 Å². The number of hydrogen-bond acceptors (Lipinski definition) is 3. The normalized spacial score (nSPS) is 11.8. The maximum atomic E-state index is 13.2. The molecule has 2 nitrogen and oxygen atoms in total. The third-order valence-electron chi connectivity index (χ3n) is 1.76. The van der Waals surface area contributed by atoms with E-state index in [0.717, 1.165) is 5.56 Å². The van der Waals surface area contributed by atoms with Crippen LogP contribution in [0.25, 0.3) is 0 Å². The van der Waals surface area contributed by atoms with Crippen molar-refractivity contribution < 1.29 is 4.39 Å². The van der Waals surface area contributed by atoms with Crippen LogP contribution in [0.1, 0.15) is 12.5 Å². The van der Waals surface area contributed by atoms with Crippen molar-refractivity contribution in [2.24, 2.45) is 10.9 Å². The fraction of sp³-hybridized carbons (Fsp3) is 0.222. The van der Waals surface area contributed by atoms with Crippen molar-refractivity contribution >= 4 is 17.5 Å². The number of nitrogens with two attached hydrogens (primary N) is 1. The molecule has 1 aromatic carbocycles. The molecule has 1 aromatic rings. The van der Waals surface area contributed by atoms with Crippen molar-refractivity contribution in [1.82, 2.24) is 0 Å². The van der Waals surface area contributed by atoms with Crippen LogP contribution in [-0.4, -0.2) is 12.0 Å². The fourth-order valence-corrected chi connectivity index (χ4v) is 1.42. The Kier molecular flexibility index (Phi) is 3.31. The molecule has 2 N–H and O–H groups in total. The summed E-state index contributed by atoms with van der Waals surface area (Å²) in [5.41, 5.74) is 1.35. The van der Waals surface area contributed by atoms with Gasteiger partial charge in [0.2, 0.25) is 0 Å². The smallest absolute Gasteiger partial charge is 0.137 e. The summed E-state index contributed by atoms with van der Waals surface area (Å²) in [5.74, 6) is 4.86. The predicted molar refractivity (Wildman–Crippen MR) is 54.6 cm³/mol. The molecule has 0 radical (unpaired) electrons. The summed E-state index contributed by atoms with van der Waals surface area (Å²) in [5, 5.41) is 3.50. The molecule has 0 saturated heterocycles. The van der Waals surface area contributed by atoms with Gasteiger partial charge in [-0.3, -0.25) is 0 Å². The van der Waals surface area contributed by atoms with Crippen LogP contribution < -0.4 is 5.84 Å². The van der Waals surface area contributed by atoms with Gasteiger partial charge < -0.3 is 5.84 Å². The molecule has 0 aromatic heterocycles. The van der Waals surface area contributed by atoms with E-state index in [0.29, 0.717) is 10.6 Å². The zero-order valence-corrected chi connectivity index (χ0v) is 8.36. The second-order valence-corrected chi connectivity index (χ2v) is 3.41. The van der Waals surface area contributed by atoms with Gasteiger partial charge in [-0.05, 0) is 25.3 Å². The van der Waals surface area contributed by atoms with Gasteiger partial charge in [-0.25, -0.2) is 4.39 Å². The van der Waals surface area contributed by atoms with Gasteiger partial charge in [0.25, 0.3) is 0 Å². The van der Waals surface area contributed by atoms with E-state index < -0.39 is 0 Å². The largest absolute Gasteiger partial charge is 0.323 e. The lowest BCUT2D eigenvalue weighted by Crippen LogP contribution is -1.99. The first kappa shape index (κ1) is 10.1. The van der Waals surface area contributed by atoms with E-state index >= 15 is 0 Å². The van der Waals surface area contributed by atoms with E-state index in [2.05, 4.69) is 5.10 Å². The topological polar surface area (TPSA) is 38.4 Å². The third-order valence-corrected chi connectivity index (χ3v) is 2.53. The lowest BCUT2D eigenvalue weighted by atomic mass is 10.1. The first-order valence-electron chi connectivity index (χ1n) is 3.77. The van der Waals surface area contributed by atoms with Crippen LogP contribution in [0.3, 0.4) is 0 Å². The first-order valence-corrected chi connectivity index (χ1v) is 5.00. The number of hydrazone groups is 1. The van der Waals surface area contributed by atoms with E-state index in [1.807, 2.05) is 6.26 Å². The van der Waals surface area contributed by atoms with Crippen LogP contribution >= 0.6 is 11.8 Å². The molecule has 0 aliphatic rings. The number of hydrogen-bond donors (Lipinski definition) is 1. The Bertz CT molecular complexity index is 336. The molecule has 0 atom stereocenters. The van der Waals surface area contributed by atoms with Crippen LogP contribution in [0.2, 0.25) is 0 Å². The van der Waals surface area contributed by atoms with Crippen LogP contribution in [0.5, 0.6) is 0 Å². The van der Waals surface area contributed by atoms with E-state index in [4.69, 9.17) is 5.84 Å². The van der Waals surface area contributed by atoms with Gasteiger partial charge in [0.05, 0.1) is 5.71 Å². The molecule has 0 aliphatic carbocycles. The zero-order chi connectivity index (χ0) is 9.84. The zero-order valence-electron chi connectivity index (χ0n) is 7.54. The van der Waals surface area contributed by atoms with Crippen molar-refractivity contribution in [3.63, 3.8) is 0 Å². The highest BCUT2D eigenvalue weighted by molar-refractivity contribution is 7.98. The Hall–Kier alpha value is -1.03. The second-order valence-electron chi connectivity index (χ2n) is 2.56. The summed E-state index contributed by atoms with van der Waals surface area (Å²) in [6.45, 7) is 1.74. The Morgan fingerprint density at radius 3 is 2.69 bits per heavy atom. The van der Waals surface area contributed by atoms with Crippen LogP contribution in [-0.2, 0) is 0 Å². The molecule has 0 aliphatic heterocycles. The van der Waals surface area contributed by atoms with E-state index in [1.54, 1.807) is 19.1 Å². The Morgan fingerprint density at radius 1 is 1.54 bits per heavy atom. The van der Waals surface area contributed by atoms with Gasteiger partial charge in [-0.1, -0.05) is 6.07 Å². The summed E-state index contributed by atoms with van der Waals surface area (Å²) in [4.78, 5) is 0.633. The summed E-state index contributed by atoms with van der Waals surface area (Å²) in [7, 11) is 0. The SMILES string of the molecule is CSc1ccc(/C(C)=N/N)cc1F. The van der Waals surface area contributed by atoms with Crippen molar-refractivity contribution in [2.45, 2.75) is 11.8 Å². The van der Waals surface area contributed by atoms with E-state index in [-0.39, 0.29) is 5.82 Å². The maximum absolute atomic E-state index is 13.2. The van der Waals surface area contributed by atoms with Crippen molar-refractivity contribution in [3.05, 3.63) is 29.6 Å². The van der Waals surface area contributed by atoms with Gasteiger partial charge in [0.15, 0.2) is 0 Å². The van der Waals surface area contributed by atoms with Crippen LogP contribution in [0.15, 0.2) is 28.2 Å². The summed E-state index contributed by atoms with van der Waals surface area (Å²) in [6.07, 6.45) is 1.84. The van der Waals surface area contributed by atoms with Gasteiger partial charge in [0, 0.05) is 10.5 Å². The minimum Gasteiger partial charge on any atom is -0.323 e. The molecule has 0 spiro atoms. The Morgan fingerprint density at radius 2 is 2.23 bits per heavy atom. The van der Waals surface area contributed by atoms with E-state index in [9.17, 15) is 4.39 Å². The molecular weight excluding hydrogens is 187 g/mol. The van der Waals surface area contributed by atoms with Gasteiger partial charge in [-0.15, -0.1) is 11.8 Å². The maximum Gasteiger partial charge on any atom is 0.137 e. The second kappa shape index (κ2) is 4.28. The third kappa shape index (κ3) is 2.21. The highest BCUT2D eigenvalue weighted by Gasteiger charge is 2.03. The standard InChI is InChI=1S/C9H11FN2S/c1-6(12-11)7-3-4-9(13-2)8(10)5-7/h3-5H,11H2,1-2H3/b12-6+. The van der Waals surface area contributed by atoms with Crippen LogP contribution in [0.4, 0.5) is 4.39 Å². The van der Waals surface area contributed by atoms with Crippen LogP contribution in [0, 0.1) is 5.82 Å². The van der Waals surface area contributed by atoms with E-state index in [1.165, 1.54) is 17.8 Å². The summed E-state index contributed by atoms with van der Waals surface area (Å²) >= 11 is 1.38. The monoisotopic (exact) mass is 198 g/mol. The summed E-state index contributed by atoms with van der Waals surface area (Å²) in [6, 6.07) is 4.97. The molecule has 1 rings (SSSR count). The fourth-order valence-electron chi connectivity index (χ4n) is 0.966. The molecule has 13 heavy (non-hydrogen) atoms. The number of thioether (sulfide) groups is 1. The van der Waals surface area contributed by atoms with Gasteiger partial charge in [0.1, 0.15) is 5.82 Å². The highest BCUT2D eigenvalue weighted by atomic mass is 32.2. The minimum atomic E-state index is -0.229. The molecule has 70 valence electrons. The molecule has 4 heteroatoms. The Labute approximate surface area is 81.0 Å². The molecule has 0 heterocycles. The number of nitrogens with zero attached hydrogens (tertiary/aromatic N) is 1. The molecule has 0 amide bonds. The molecule has 0 saturated carbocycles. The number of benzene rings is 1. The number of halogens is 1. The predicted octanol–water partition coefficient (Wildman–Crippen LogP) is 2.23. The number of rotatable bonds is 2. The quantitative estimate of drug-likeness (QED) is 0.342. The molecule has 0 fully saturated rings. The molecule has 0 unspecified atom stereocenters. The first-order chi connectivity index (χ1) is 6.19. The lowest BCUT2D eigenvalue weighted by molar-refractivity contribution is 0.602. The van der Waals surface area contributed by atoms with Crippen molar-refractivity contribution in [3.8, 4) is 0 Å². The average molecular weight is 198 g/mol. The van der Waals surface area contributed by atoms with Gasteiger partial charge >= 0.3 is 0 Å².